The lowest BCUT2D eigenvalue weighted by molar-refractivity contribution is -0.275. The molecular formula is C10H11F3N2O3. The van der Waals surface area contributed by atoms with Crippen molar-refractivity contribution in [3.05, 3.63) is 23.0 Å². The van der Waals surface area contributed by atoms with Crippen molar-refractivity contribution in [3.8, 4) is 5.75 Å². The molecule has 0 saturated heterocycles. The highest BCUT2D eigenvalue weighted by molar-refractivity contribution is 5.89. The van der Waals surface area contributed by atoms with Crippen LogP contribution in [0, 0.1) is 6.92 Å². The molecule has 0 amide bonds. The second-order valence-corrected chi connectivity index (χ2v) is 3.32. The van der Waals surface area contributed by atoms with Crippen molar-refractivity contribution >= 4 is 5.97 Å². The van der Waals surface area contributed by atoms with E-state index in [1.54, 1.807) is 0 Å². The third-order valence-electron chi connectivity index (χ3n) is 2.07. The molecule has 0 bridgehead atoms. The molecule has 0 radical (unpaired) electrons. The molecule has 0 aliphatic carbocycles. The third kappa shape index (κ3) is 3.33. The van der Waals surface area contributed by atoms with E-state index in [0.717, 1.165) is 13.2 Å². The Bertz CT molecular complexity index is 460. The normalized spacial score (nSPS) is 11.2. The van der Waals surface area contributed by atoms with Gasteiger partial charge in [0.2, 0.25) is 0 Å². The standard InChI is InChI=1S/C10H11F3N2O3/c1-5-7(18-10(11,12)13)3-6(4-14)8(15-5)9(16)17-2/h3H,4,14H2,1-2H3. The molecule has 1 aromatic heterocycles. The molecule has 0 aromatic carbocycles. The number of rotatable bonds is 3. The maximum absolute atomic E-state index is 12.1. The summed E-state index contributed by atoms with van der Waals surface area (Å²) in [5.74, 6) is -1.26. The van der Waals surface area contributed by atoms with Gasteiger partial charge in [0.05, 0.1) is 12.8 Å². The Balaban J connectivity index is 3.22. The zero-order valence-corrected chi connectivity index (χ0v) is 9.67. The fraction of sp³-hybridized carbons (Fsp3) is 0.400. The molecule has 5 nitrogen and oxygen atoms in total. The van der Waals surface area contributed by atoms with Crippen molar-refractivity contribution in [3.63, 3.8) is 0 Å². The minimum absolute atomic E-state index is 0.0788. The van der Waals surface area contributed by atoms with Crippen molar-refractivity contribution in [2.24, 2.45) is 5.73 Å². The number of hydrogen-bond acceptors (Lipinski definition) is 5. The molecule has 18 heavy (non-hydrogen) atoms. The molecule has 1 aromatic rings. The molecule has 1 rings (SSSR count). The number of hydrogen-bond donors (Lipinski definition) is 1. The van der Waals surface area contributed by atoms with Gasteiger partial charge in [0.25, 0.3) is 0 Å². The summed E-state index contributed by atoms with van der Waals surface area (Å²) in [6, 6.07) is 1.03. The number of alkyl halides is 3. The van der Waals surface area contributed by atoms with Crippen molar-refractivity contribution < 1.29 is 27.4 Å². The number of ether oxygens (including phenoxy) is 2. The van der Waals surface area contributed by atoms with E-state index < -0.39 is 18.1 Å². The molecular weight excluding hydrogens is 253 g/mol. The van der Waals surface area contributed by atoms with E-state index in [4.69, 9.17) is 5.73 Å². The highest BCUT2D eigenvalue weighted by Crippen LogP contribution is 2.27. The summed E-state index contributed by atoms with van der Waals surface area (Å²) in [6.45, 7) is 1.12. The molecule has 1 heterocycles. The van der Waals surface area contributed by atoms with Gasteiger partial charge in [-0.1, -0.05) is 0 Å². The number of halogens is 3. The highest BCUT2D eigenvalue weighted by atomic mass is 19.4. The van der Waals surface area contributed by atoms with Crippen molar-refractivity contribution in [2.75, 3.05) is 7.11 Å². The van der Waals surface area contributed by atoms with Crippen molar-refractivity contribution in [1.82, 2.24) is 4.98 Å². The van der Waals surface area contributed by atoms with E-state index in [1.165, 1.54) is 6.92 Å². The Labute approximate surface area is 101 Å². The zero-order valence-electron chi connectivity index (χ0n) is 9.67. The minimum atomic E-state index is -4.83. The van der Waals surface area contributed by atoms with Crippen LogP contribution in [-0.2, 0) is 11.3 Å². The van der Waals surface area contributed by atoms with Gasteiger partial charge in [-0.2, -0.15) is 0 Å². The molecule has 2 N–H and O–H groups in total. The van der Waals surface area contributed by atoms with Crippen LogP contribution in [0.4, 0.5) is 13.2 Å². The first-order valence-electron chi connectivity index (χ1n) is 4.83. The number of nitrogens with two attached hydrogens (primary N) is 1. The van der Waals surface area contributed by atoms with Gasteiger partial charge in [-0.25, -0.2) is 9.78 Å². The van der Waals surface area contributed by atoms with Crippen molar-refractivity contribution in [2.45, 2.75) is 19.8 Å². The Morgan fingerprint density at radius 2 is 2.11 bits per heavy atom. The van der Waals surface area contributed by atoms with Gasteiger partial charge in [0, 0.05) is 12.1 Å². The number of aromatic nitrogens is 1. The van der Waals surface area contributed by atoms with Crippen LogP contribution in [0.1, 0.15) is 21.7 Å². The smallest absolute Gasteiger partial charge is 0.464 e. The first-order chi connectivity index (χ1) is 8.28. The quantitative estimate of drug-likeness (QED) is 0.838. The summed E-state index contributed by atoms with van der Waals surface area (Å²) >= 11 is 0. The number of methoxy groups -OCH3 is 1. The summed E-state index contributed by atoms with van der Waals surface area (Å²) in [5, 5.41) is 0. The number of esters is 1. The Hall–Kier alpha value is -1.83. The first kappa shape index (κ1) is 14.2. The van der Waals surface area contributed by atoms with Gasteiger partial charge in [0.1, 0.15) is 0 Å². The van der Waals surface area contributed by atoms with Crippen LogP contribution < -0.4 is 10.5 Å². The highest BCUT2D eigenvalue weighted by Gasteiger charge is 2.32. The number of carbonyl (C=O) groups excluding carboxylic acids is 1. The summed E-state index contributed by atoms with van der Waals surface area (Å²) in [5.41, 5.74) is 5.26. The topological polar surface area (TPSA) is 74.4 Å². The van der Waals surface area contributed by atoms with E-state index in [0.29, 0.717) is 0 Å². The van der Waals surface area contributed by atoms with Crippen LogP contribution in [0.25, 0.3) is 0 Å². The number of aryl methyl sites for hydroxylation is 1. The zero-order chi connectivity index (χ0) is 13.9. The van der Waals surface area contributed by atoms with Crippen LogP contribution in [0.5, 0.6) is 5.75 Å². The van der Waals surface area contributed by atoms with Gasteiger partial charge in [-0.3, -0.25) is 0 Å². The third-order valence-corrected chi connectivity index (χ3v) is 2.07. The fourth-order valence-corrected chi connectivity index (χ4v) is 1.28. The van der Waals surface area contributed by atoms with Crippen LogP contribution in [0.2, 0.25) is 0 Å². The van der Waals surface area contributed by atoms with E-state index >= 15 is 0 Å². The van der Waals surface area contributed by atoms with Gasteiger partial charge in [-0.05, 0) is 13.0 Å². The van der Waals surface area contributed by atoms with Crippen LogP contribution in [-0.4, -0.2) is 24.4 Å². The molecule has 0 unspecified atom stereocenters. The maximum atomic E-state index is 12.1. The lowest BCUT2D eigenvalue weighted by atomic mass is 10.1. The predicted octanol–water partition coefficient (Wildman–Crippen LogP) is 1.53. The fourth-order valence-electron chi connectivity index (χ4n) is 1.28. The average Bonchev–Trinajstić information content (AvgIpc) is 2.28. The Kier molecular flexibility index (Phi) is 4.12. The SMILES string of the molecule is COC(=O)c1nc(C)c(OC(F)(F)F)cc1CN. The van der Waals surface area contributed by atoms with Crippen molar-refractivity contribution in [1.29, 1.82) is 0 Å². The predicted molar refractivity (Wildman–Crippen MR) is 54.9 cm³/mol. The minimum Gasteiger partial charge on any atom is -0.464 e. The lowest BCUT2D eigenvalue weighted by Gasteiger charge is -2.13. The van der Waals surface area contributed by atoms with Crippen LogP contribution in [0.3, 0.4) is 0 Å². The van der Waals surface area contributed by atoms with Crippen LogP contribution >= 0.6 is 0 Å². The number of carbonyl (C=O) groups is 1. The van der Waals surface area contributed by atoms with E-state index in [9.17, 15) is 18.0 Å². The second kappa shape index (κ2) is 5.21. The van der Waals surface area contributed by atoms with E-state index in [-0.39, 0.29) is 23.5 Å². The van der Waals surface area contributed by atoms with Gasteiger partial charge >= 0.3 is 12.3 Å². The van der Waals surface area contributed by atoms with Gasteiger partial charge in [-0.15, -0.1) is 13.2 Å². The van der Waals surface area contributed by atoms with Crippen LogP contribution in [0.15, 0.2) is 6.07 Å². The second-order valence-electron chi connectivity index (χ2n) is 3.32. The molecule has 100 valence electrons. The molecule has 0 aliphatic rings. The summed E-state index contributed by atoms with van der Waals surface area (Å²) in [6.07, 6.45) is -4.83. The average molecular weight is 264 g/mol. The molecule has 0 aliphatic heterocycles. The van der Waals surface area contributed by atoms with Gasteiger partial charge < -0.3 is 15.2 Å². The largest absolute Gasteiger partial charge is 0.573 e. The van der Waals surface area contributed by atoms with Gasteiger partial charge in [0.15, 0.2) is 11.4 Å². The molecule has 8 heteroatoms. The Morgan fingerprint density at radius 1 is 1.50 bits per heavy atom. The summed E-state index contributed by atoms with van der Waals surface area (Å²) < 4.78 is 44.6. The number of nitrogens with zero attached hydrogens (tertiary/aromatic N) is 1. The molecule has 0 fully saturated rings. The molecule has 0 atom stereocenters. The first-order valence-corrected chi connectivity index (χ1v) is 4.83. The maximum Gasteiger partial charge on any atom is 0.573 e. The lowest BCUT2D eigenvalue weighted by Crippen LogP contribution is -2.20. The summed E-state index contributed by atoms with van der Waals surface area (Å²) in [7, 11) is 1.14. The Morgan fingerprint density at radius 3 is 2.56 bits per heavy atom. The summed E-state index contributed by atoms with van der Waals surface area (Å²) in [4.78, 5) is 15.1. The molecule has 0 saturated carbocycles. The van der Waals surface area contributed by atoms with E-state index in [2.05, 4.69) is 14.5 Å². The van der Waals surface area contributed by atoms with E-state index in [1.807, 2.05) is 0 Å². The number of pyridine rings is 1. The molecule has 0 spiro atoms. The monoisotopic (exact) mass is 264 g/mol.